The third-order valence-corrected chi connectivity index (χ3v) is 3.19. The Morgan fingerprint density at radius 1 is 1.28 bits per heavy atom. The number of nitrogens with zero attached hydrogens (tertiary/aromatic N) is 3. The van der Waals surface area contributed by atoms with Gasteiger partial charge in [-0.3, -0.25) is 0 Å². The van der Waals surface area contributed by atoms with Crippen molar-refractivity contribution < 1.29 is 4.74 Å². The molecule has 1 aliphatic heterocycles. The van der Waals surface area contributed by atoms with Crippen LogP contribution in [-0.4, -0.2) is 28.0 Å². The molecule has 1 fully saturated rings. The average molecular weight is 244 g/mol. The largest absolute Gasteiger partial charge is 0.399 e. The van der Waals surface area contributed by atoms with E-state index in [1.807, 2.05) is 28.9 Å². The maximum Gasteiger partial charge on any atom is 0.181 e. The van der Waals surface area contributed by atoms with Crippen molar-refractivity contribution in [3.05, 3.63) is 30.6 Å². The monoisotopic (exact) mass is 244 g/mol. The molecule has 2 aromatic rings. The summed E-state index contributed by atoms with van der Waals surface area (Å²) in [6.07, 6.45) is 3.97. The van der Waals surface area contributed by atoms with Gasteiger partial charge in [-0.15, -0.1) is 0 Å². The molecule has 0 aliphatic carbocycles. The van der Waals surface area contributed by atoms with Crippen molar-refractivity contribution in [3.8, 4) is 11.4 Å². The lowest BCUT2D eigenvalue weighted by Gasteiger charge is -2.21. The molecule has 18 heavy (non-hydrogen) atoms. The fourth-order valence-electron chi connectivity index (χ4n) is 2.15. The van der Waals surface area contributed by atoms with Crippen molar-refractivity contribution in [1.82, 2.24) is 14.8 Å². The zero-order valence-corrected chi connectivity index (χ0v) is 10.1. The molecule has 1 saturated heterocycles. The molecule has 3 rings (SSSR count). The minimum atomic E-state index is 0.314. The first-order valence-electron chi connectivity index (χ1n) is 6.18. The van der Waals surface area contributed by atoms with E-state index in [1.54, 1.807) is 6.33 Å². The lowest BCUT2D eigenvalue weighted by molar-refractivity contribution is 0.0549. The minimum absolute atomic E-state index is 0.314. The Balaban J connectivity index is 1.82. The SMILES string of the molecule is Nc1ccc(-c2ncn(C3CCCOC3)n2)cc1. The minimum Gasteiger partial charge on any atom is -0.399 e. The van der Waals surface area contributed by atoms with Gasteiger partial charge in [0.1, 0.15) is 6.33 Å². The number of nitrogens with two attached hydrogens (primary N) is 1. The number of nitrogen functional groups attached to an aromatic ring is 1. The van der Waals surface area contributed by atoms with E-state index in [9.17, 15) is 0 Å². The Labute approximate surface area is 106 Å². The van der Waals surface area contributed by atoms with Crippen molar-refractivity contribution in [2.45, 2.75) is 18.9 Å². The highest BCUT2D eigenvalue weighted by molar-refractivity contribution is 5.57. The van der Waals surface area contributed by atoms with Crippen molar-refractivity contribution in [2.75, 3.05) is 18.9 Å². The molecule has 5 nitrogen and oxygen atoms in total. The summed E-state index contributed by atoms with van der Waals surface area (Å²) >= 11 is 0. The number of ether oxygens (including phenoxy) is 1. The topological polar surface area (TPSA) is 66.0 Å². The Morgan fingerprint density at radius 3 is 2.83 bits per heavy atom. The van der Waals surface area contributed by atoms with E-state index in [1.165, 1.54) is 0 Å². The Morgan fingerprint density at radius 2 is 2.11 bits per heavy atom. The van der Waals surface area contributed by atoms with Gasteiger partial charge < -0.3 is 10.5 Å². The van der Waals surface area contributed by atoms with Gasteiger partial charge in [-0.1, -0.05) is 0 Å². The van der Waals surface area contributed by atoms with Gasteiger partial charge in [0.05, 0.1) is 12.6 Å². The first kappa shape index (κ1) is 11.2. The van der Waals surface area contributed by atoms with Crippen LogP contribution in [0.15, 0.2) is 30.6 Å². The number of hydrogen-bond acceptors (Lipinski definition) is 4. The third kappa shape index (κ3) is 2.22. The fourth-order valence-corrected chi connectivity index (χ4v) is 2.15. The normalized spacial score (nSPS) is 19.9. The smallest absolute Gasteiger partial charge is 0.181 e. The molecule has 2 heterocycles. The van der Waals surface area contributed by atoms with E-state index in [-0.39, 0.29) is 0 Å². The van der Waals surface area contributed by atoms with Gasteiger partial charge in [-0.25, -0.2) is 9.67 Å². The molecule has 5 heteroatoms. The summed E-state index contributed by atoms with van der Waals surface area (Å²) in [6, 6.07) is 7.91. The van der Waals surface area contributed by atoms with Gasteiger partial charge in [-0.05, 0) is 37.1 Å². The van der Waals surface area contributed by atoms with Gasteiger partial charge in [0, 0.05) is 17.9 Å². The fraction of sp³-hybridized carbons (Fsp3) is 0.385. The van der Waals surface area contributed by atoms with Gasteiger partial charge in [0.25, 0.3) is 0 Å². The standard InChI is InChI=1S/C13H16N4O/c14-11-5-3-10(4-6-11)13-15-9-17(16-13)12-2-1-7-18-8-12/h3-6,9,12H,1-2,7-8,14H2. The lowest BCUT2D eigenvalue weighted by atomic mass is 10.1. The first-order chi connectivity index (χ1) is 8.83. The Kier molecular flexibility index (Phi) is 2.98. The summed E-state index contributed by atoms with van der Waals surface area (Å²) in [5.41, 5.74) is 7.40. The second-order valence-corrected chi connectivity index (χ2v) is 4.54. The van der Waals surface area contributed by atoms with E-state index in [0.29, 0.717) is 6.04 Å². The van der Waals surface area contributed by atoms with Gasteiger partial charge >= 0.3 is 0 Å². The van der Waals surface area contributed by atoms with Gasteiger partial charge in [-0.2, -0.15) is 5.10 Å². The highest BCUT2D eigenvalue weighted by Crippen LogP contribution is 2.21. The van der Waals surface area contributed by atoms with Crippen LogP contribution in [0.5, 0.6) is 0 Å². The van der Waals surface area contributed by atoms with E-state index in [2.05, 4.69) is 10.1 Å². The molecule has 1 aromatic heterocycles. The average Bonchev–Trinajstić information content (AvgIpc) is 2.90. The molecule has 0 amide bonds. The first-order valence-corrected chi connectivity index (χ1v) is 6.18. The van der Waals surface area contributed by atoms with Crippen LogP contribution in [0.4, 0.5) is 5.69 Å². The molecule has 0 spiro atoms. The van der Waals surface area contributed by atoms with E-state index < -0.39 is 0 Å². The van der Waals surface area contributed by atoms with Crippen molar-refractivity contribution in [1.29, 1.82) is 0 Å². The highest BCUT2D eigenvalue weighted by atomic mass is 16.5. The van der Waals surface area contributed by atoms with Crippen molar-refractivity contribution in [3.63, 3.8) is 0 Å². The number of benzene rings is 1. The molecule has 1 atom stereocenters. The Bertz CT molecular complexity index is 514. The predicted molar refractivity (Wildman–Crippen MR) is 69.0 cm³/mol. The number of hydrogen-bond donors (Lipinski definition) is 1. The van der Waals surface area contributed by atoms with Crippen LogP contribution in [0.2, 0.25) is 0 Å². The number of anilines is 1. The van der Waals surface area contributed by atoms with Crippen LogP contribution in [0.1, 0.15) is 18.9 Å². The van der Waals surface area contributed by atoms with E-state index >= 15 is 0 Å². The van der Waals surface area contributed by atoms with Crippen molar-refractivity contribution >= 4 is 5.69 Å². The molecule has 94 valence electrons. The van der Waals surface area contributed by atoms with Gasteiger partial charge in [0.15, 0.2) is 5.82 Å². The molecular weight excluding hydrogens is 228 g/mol. The summed E-state index contributed by atoms with van der Waals surface area (Å²) in [5.74, 6) is 0.737. The van der Waals surface area contributed by atoms with Crippen molar-refractivity contribution in [2.24, 2.45) is 0 Å². The van der Waals surface area contributed by atoms with Crippen LogP contribution in [-0.2, 0) is 4.74 Å². The molecule has 0 radical (unpaired) electrons. The van der Waals surface area contributed by atoms with Crippen LogP contribution >= 0.6 is 0 Å². The quantitative estimate of drug-likeness (QED) is 0.819. The molecule has 1 aliphatic rings. The second kappa shape index (κ2) is 4.78. The summed E-state index contributed by atoms with van der Waals surface area (Å²) in [6.45, 7) is 1.58. The molecule has 2 N–H and O–H groups in total. The predicted octanol–water partition coefficient (Wildman–Crippen LogP) is 1.88. The third-order valence-electron chi connectivity index (χ3n) is 3.19. The zero-order valence-electron chi connectivity index (χ0n) is 10.1. The summed E-state index contributed by atoms with van der Waals surface area (Å²) in [4.78, 5) is 4.35. The van der Waals surface area contributed by atoms with Crippen LogP contribution in [0, 0.1) is 0 Å². The Hall–Kier alpha value is -1.88. The van der Waals surface area contributed by atoms with Crippen LogP contribution < -0.4 is 5.73 Å². The maximum absolute atomic E-state index is 5.66. The molecule has 0 bridgehead atoms. The summed E-state index contributed by atoms with van der Waals surface area (Å²) in [7, 11) is 0. The van der Waals surface area contributed by atoms with Gasteiger partial charge in [0.2, 0.25) is 0 Å². The molecule has 0 saturated carbocycles. The van der Waals surface area contributed by atoms with Crippen LogP contribution in [0.3, 0.4) is 0 Å². The second-order valence-electron chi connectivity index (χ2n) is 4.54. The van der Waals surface area contributed by atoms with E-state index in [0.717, 1.165) is 43.1 Å². The highest BCUT2D eigenvalue weighted by Gasteiger charge is 2.17. The summed E-state index contributed by atoms with van der Waals surface area (Å²) in [5, 5.41) is 4.52. The molecule has 1 aromatic carbocycles. The summed E-state index contributed by atoms with van der Waals surface area (Å²) < 4.78 is 7.37. The number of aromatic nitrogens is 3. The maximum atomic E-state index is 5.66. The van der Waals surface area contributed by atoms with E-state index in [4.69, 9.17) is 10.5 Å². The molecule has 1 unspecified atom stereocenters. The van der Waals surface area contributed by atoms with Crippen LogP contribution in [0.25, 0.3) is 11.4 Å². The number of rotatable bonds is 2. The lowest BCUT2D eigenvalue weighted by Crippen LogP contribution is -2.21. The molecular formula is C13H16N4O. The zero-order chi connectivity index (χ0) is 12.4.